The zero-order valence-corrected chi connectivity index (χ0v) is 26.8. The van der Waals surface area contributed by atoms with Gasteiger partial charge in [-0.15, -0.1) is 0 Å². The van der Waals surface area contributed by atoms with Gasteiger partial charge in [0.05, 0.1) is 27.8 Å². The Balaban J connectivity index is 1.34. The molecule has 0 amide bonds. The van der Waals surface area contributed by atoms with Crippen molar-refractivity contribution in [3.63, 3.8) is 0 Å². The first kappa shape index (κ1) is 27.1. The van der Waals surface area contributed by atoms with Crippen LogP contribution in [-0.2, 0) is 0 Å². The lowest BCUT2D eigenvalue weighted by molar-refractivity contribution is 0.954. The average Bonchev–Trinajstić information content (AvgIpc) is 3.67. The van der Waals surface area contributed by atoms with Crippen molar-refractivity contribution in [1.29, 1.82) is 0 Å². The molecule has 10 aromatic rings. The van der Waals surface area contributed by atoms with Crippen molar-refractivity contribution in [2.24, 2.45) is 0 Å². The van der Waals surface area contributed by atoms with E-state index < -0.39 is 0 Å². The molecule has 0 fully saturated rings. The van der Waals surface area contributed by atoms with E-state index in [1.165, 1.54) is 49.7 Å². The highest BCUT2D eigenvalue weighted by Crippen LogP contribution is 2.50. The smallest absolute Gasteiger partial charge is 0.238 e. The van der Waals surface area contributed by atoms with Crippen LogP contribution in [0.1, 0.15) is 0 Å². The molecule has 7 aromatic carbocycles. The molecular formula is C45H27N5. The van der Waals surface area contributed by atoms with E-state index in [-0.39, 0.29) is 0 Å². The normalized spacial score (nSPS) is 12.0. The summed E-state index contributed by atoms with van der Waals surface area (Å²) < 4.78 is 4.72. The molecule has 0 aliphatic carbocycles. The van der Waals surface area contributed by atoms with Crippen LogP contribution in [0, 0.1) is 0 Å². The van der Waals surface area contributed by atoms with Gasteiger partial charge in [-0.3, -0.25) is 4.57 Å². The Hall–Kier alpha value is -6.85. The Labute approximate surface area is 287 Å². The summed E-state index contributed by atoms with van der Waals surface area (Å²) >= 11 is 0. The summed E-state index contributed by atoms with van der Waals surface area (Å²) in [5.41, 5.74) is 12.3. The molecule has 4 heterocycles. The van der Waals surface area contributed by atoms with E-state index in [4.69, 9.17) is 15.0 Å². The van der Waals surface area contributed by atoms with Crippen molar-refractivity contribution >= 4 is 43.6 Å². The van der Waals surface area contributed by atoms with Crippen molar-refractivity contribution in [2.45, 2.75) is 0 Å². The highest BCUT2D eigenvalue weighted by Gasteiger charge is 2.29. The lowest BCUT2D eigenvalue weighted by atomic mass is 9.91. The molecule has 232 valence electrons. The molecule has 0 spiro atoms. The molecule has 0 saturated heterocycles. The molecule has 1 aliphatic heterocycles. The van der Waals surface area contributed by atoms with Gasteiger partial charge in [0, 0.05) is 49.4 Å². The Morgan fingerprint density at radius 1 is 0.340 bits per heavy atom. The summed E-state index contributed by atoms with van der Waals surface area (Å²) in [4.78, 5) is 15.5. The van der Waals surface area contributed by atoms with Gasteiger partial charge >= 0.3 is 0 Å². The molecule has 0 N–H and O–H groups in total. The van der Waals surface area contributed by atoms with Crippen LogP contribution < -0.4 is 0 Å². The van der Waals surface area contributed by atoms with Crippen LogP contribution in [0.2, 0.25) is 0 Å². The van der Waals surface area contributed by atoms with Crippen LogP contribution in [0.15, 0.2) is 164 Å². The van der Waals surface area contributed by atoms with Crippen LogP contribution >= 0.6 is 0 Å². The van der Waals surface area contributed by atoms with Crippen molar-refractivity contribution in [1.82, 2.24) is 24.1 Å². The van der Waals surface area contributed by atoms with E-state index in [1.807, 2.05) is 36.4 Å². The van der Waals surface area contributed by atoms with Gasteiger partial charge in [-0.25, -0.2) is 4.98 Å². The van der Waals surface area contributed by atoms with Crippen LogP contribution in [0.25, 0.3) is 100 Å². The minimum Gasteiger partial charge on any atom is -0.308 e. The highest BCUT2D eigenvalue weighted by molar-refractivity contribution is 6.22. The van der Waals surface area contributed by atoms with Crippen LogP contribution in [-0.4, -0.2) is 24.1 Å². The average molecular weight is 638 g/mol. The summed E-state index contributed by atoms with van der Waals surface area (Å²) in [5.74, 6) is 1.85. The van der Waals surface area contributed by atoms with Gasteiger partial charge in [0.2, 0.25) is 5.95 Å². The maximum absolute atomic E-state index is 5.25. The van der Waals surface area contributed by atoms with Gasteiger partial charge < -0.3 is 4.57 Å². The van der Waals surface area contributed by atoms with Gasteiger partial charge in [-0.05, 0) is 23.8 Å². The number of hydrogen-bond acceptors (Lipinski definition) is 3. The van der Waals surface area contributed by atoms with Gasteiger partial charge in [0.1, 0.15) is 0 Å². The molecule has 0 unspecified atom stereocenters. The first-order valence-electron chi connectivity index (χ1n) is 16.9. The summed E-state index contributed by atoms with van der Waals surface area (Å²) in [5, 5.41) is 4.78. The standard InChI is InChI=1S/C45H27N5/c1-3-14-28(15-4-1)43-46-44(29-16-5-2-6-17-29)48-45(47-43)50-39-25-12-9-20-32(39)35-27-26-33-30-18-7-10-23-37(30)49-38-24-11-8-19-31(38)34-21-13-22-36(41(34)49)40(33)42(35)50/h1-27H. The van der Waals surface area contributed by atoms with E-state index >= 15 is 0 Å². The van der Waals surface area contributed by atoms with E-state index in [2.05, 4.69) is 137 Å². The zero-order valence-electron chi connectivity index (χ0n) is 26.8. The third-order valence-electron chi connectivity index (χ3n) is 10.1. The van der Waals surface area contributed by atoms with Crippen LogP contribution in [0.4, 0.5) is 0 Å². The fourth-order valence-electron chi connectivity index (χ4n) is 8.03. The lowest BCUT2D eigenvalue weighted by Crippen LogP contribution is -2.07. The second-order valence-electron chi connectivity index (χ2n) is 12.8. The Kier molecular flexibility index (Phi) is 5.60. The summed E-state index contributed by atoms with van der Waals surface area (Å²) in [6.07, 6.45) is 0. The molecule has 0 saturated carbocycles. The second kappa shape index (κ2) is 10.3. The van der Waals surface area contributed by atoms with Crippen molar-refractivity contribution < 1.29 is 0 Å². The molecule has 11 rings (SSSR count). The number of aromatic nitrogens is 5. The Morgan fingerprint density at radius 3 is 1.58 bits per heavy atom. The predicted molar refractivity (Wildman–Crippen MR) is 204 cm³/mol. The minimum atomic E-state index is 0.586. The van der Waals surface area contributed by atoms with Gasteiger partial charge in [-0.2, -0.15) is 9.97 Å². The SMILES string of the molecule is c1ccc(-c2nc(-c3ccccc3)nc(-n3c4ccccc4c4ccc5c(c43)-c3cccc4c6ccccc6n(c34)-c3ccccc3-5)n2)cc1. The fourth-order valence-corrected chi connectivity index (χ4v) is 8.03. The van der Waals surface area contributed by atoms with Gasteiger partial charge in [0.15, 0.2) is 11.6 Å². The Bertz CT molecular complexity index is 2920. The zero-order chi connectivity index (χ0) is 32.8. The molecule has 1 aliphatic rings. The fraction of sp³-hybridized carbons (Fsp3) is 0. The lowest BCUT2D eigenvalue weighted by Gasteiger charge is -2.16. The first-order valence-corrected chi connectivity index (χ1v) is 16.9. The predicted octanol–water partition coefficient (Wildman–Crippen LogP) is 11.0. The molecule has 3 aromatic heterocycles. The summed E-state index contributed by atoms with van der Waals surface area (Å²) in [7, 11) is 0. The number of fused-ring (bicyclic) bond motifs is 12. The van der Waals surface area contributed by atoms with Crippen molar-refractivity contribution in [3.05, 3.63) is 164 Å². The quantitative estimate of drug-likeness (QED) is 0.194. The van der Waals surface area contributed by atoms with Crippen molar-refractivity contribution in [2.75, 3.05) is 0 Å². The number of nitrogens with zero attached hydrogens (tertiary/aromatic N) is 5. The van der Waals surface area contributed by atoms with Gasteiger partial charge in [0.25, 0.3) is 0 Å². The number of para-hydroxylation sites is 4. The minimum absolute atomic E-state index is 0.586. The molecule has 5 heteroatoms. The van der Waals surface area contributed by atoms with Crippen LogP contribution in [0.3, 0.4) is 0 Å². The van der Waals surface area contributed by atoms with Gasteiger partial charge in [-0.1, -0.05) is 146 Å². The number of rotatable bonds is 3. The molecule has 50 heavy (non-hydrogen) atoms. The second-order valence-corrected chi connectivity index (χ2v) is 12.8. The topological polar surface area (TPSA) is 48.5 Å². The summed E-state index contributed by atoms with van der Waals surface area (Å²) in [6.45, 7) is 0. The highest BCUT2D eigenvalue weighted by atomic mass is 15.2. The number of hydrogen-bond donors (Lipinski definition) is 0. The molecule has 5 nitrogen and oxygen atoms in total. The third kappa shape index (κ3) is 3.74. The molecule has 0 atom stereocenters. The molecule has 0 bridgehead atoms. The molecule has 0 radical (unpaired) electrons. The Morgan fingerprint density at radius 2 is 0.880 bits per heavy atom. The monoisotopic (exact) mass is 637 g/mol. The number of benzene rings is 7. The maximum Gasteiger partial charge on any atom is 0.238 e. The molecular weight excluding hydrogens is 611 g/mol. The largest absolute Gasteiger partial charge is 0.308 e. The summed E-state index contributed by atoms with van der Waals surface area (Å²) in [6, 6.07) is 57.8. The first-order chi connectivity index (χ1) is 24.8. The van der Waals surface area contributed by atoms with E-state index in [9.17, 15) is 0 Å². The third-order valence-corrected chi connectivity index (χ3v) is 10.1. The van der Waals surface area contributed by atoms with E-state index in [1.54, 1.807) is 0 Å². The van der Waals surface area contributed by atoms with E-state index in [0.29, 0.717) is 17.6 Å². The van der Waals surface area contributed by atoms with E-state index in [0.717, 1.165) is 32.9 Å². The van der Waals surface area contributed by atoms with Crippen molar-refractivity contribution in [3.8, 4) is 56.7 Å². The maximum atomic E-state index is 5.25. The van der Waals surface area contributed by atoms with Crippen LogP contribution in [0.5, 0.6) is 0 Å².